The second-order valence-corrected chi connectivity index (χ2v) is 7.56. The number of aromatic nitrogens is 2. The van der Waals surface area contributed by atoms with E-state index in [1.54, 1.807) is 6.26 Å². The molecule has 3 amide bonds. The quantitative estimate of drug-likeness (QED) is 0.173. The van der Waals surface area contributed by atoms with Gasteiger partial charge in [0.15, 0.2) is 0 Å². The molecule has 1 heterocycles. The average molecular weight is 445 g/mol. The van der Waals surface area contributed by atoms with Crippen molar-refractivity contribution in [1.29, 1.82) is 0 Å². The Kier molecular flexibility index (Phi) is 10.9. The lowest BCUT2D eigenvalue weighted by Crippen LogP contribution is -2.57. The van der Waals surface area contributed by atoms with Gasteiger partial charge < -0.3 is 36.9 Å². The van der Waals surface area contributed by atoms with E-state index in [1.165, 1.54) is 31.2 Å². The molecule has 0 spiro atoms. The van der Waals surface area contributed by atoms with Crippen LogP contribution in [-0.2, 0) is 25.6 Å². The fraction of sp³-hybridized carbons (Fsp3) is 0.588. The van der Waals surface area contributed by atoms with Crippen LogP contribution in [0.2, 0.25) is 0 Å². The van der Waals surface area contributed by atoms with E-state index in [9.17, 15) is 29.4 Å². The SMILES string of the molecule is CSCCC(NC(=O)C(NC(=O)CNC(=O)C(N)Cc1cnc[nH]1)C(C)O)C(=O)O. The maximum atomic E-state index is 12.3. The van der Waals surface area contributed by atoms with Crippen LogP contribution in [0.15, 0.2) is 12.5 Å². The van der Waals surface area contributed by atoms with Crippen molar-refractivity contribution < 1.29 is 29.4 Å². The van der Waals surface area contributed by atoms with Crippen LogP contribution in [0.4, 0.5) is 0 Å². The second kappa shape index (κ2) is 12.8. The number of nitrogens with zero attached hydrogens (tertiary/aromatic N) is 1. The van der Waals surface area contributed by atoms with Crippen molar-refractivity contribution in [2.45, 2.75) is 44.0 Å². The standard InChI is InChI=1S/C17H28N6O6S/c1-9(24)14(16(27)22-12(17(28)29)3-4-30-2)23-13(25)7-20-15(26)11(18)5-10-6-19-8-21-10/h6,8-9,11-12,14,24H,3-5,7,18H2,1-2H3,(H,19,21)(H,20,26)(H,22,27)(H,23,25)(H,28,29). The number of carbonyl (C=O) groups excluding carboxylic acids is 3. The second-order valence-electron chi connectivity index (χ2n) is 6.57. The summed E-state index contributed by atoms with van der Waals surface area (Å²) in [7, 11) is 0. The van der Waals surface area contributed by atoms with Crippen LogP contribution in [0.3, 0.4) is 0 Å². The zero-order valence-electron chi connectivity index (χ0n) is 16.8. The number of carboxylic acids is 1. The van der Waals surface area contributed by atoms with E-state index in [-0.39, 0.29) is 12.8 Å². The molecule has 1 aromatic rings. The van der Waals surface area contributed by atoms with Gasteiger partial charge in [-0.05, 0) is 25.4 Å². The van der Waals surface area contributed by atoms with E-state index in [0.29, 0.717) is 11.4 Å². The number of aliphatic carboxylic acids is 1. The average Bonchev–Trinajstić information content (AvgIpc) is 3.19. The first-order valence-corrected chi connectivity index (χ1v) is 10.5. The third-order valence-electron chi connectivity index (χ3n) is 4.06. The lowest BCUT2D eigenvalue weighted by molar-refractivity contribution is -0.143. The molecule has 0 aromatic carbocycles. The van der Waals surface area contributed by atoms with Crippen molar-refractivity contribution in [2.24, 2.45) is 5.73 Å². The molecule has 0 aliphatic carbocycles. The van der Waals surface area contributed by atoms with Gasteiger partial charge in [0, 0.05) is 18.3 Å². The number of aromatic amines is 1. The van der Waals surface area contributed by atoms with Gasteiger partial charge in [-0.25, -0.2) is 9.78 Å². The zero-order valence-corrected chi connectivity index (χ0v) is 17.6. The number of thioether (sulfide) groups is 1. The first kappa shape index (κ1) is 25.4. The molecule has 1 rings (SSSR count). The third kappa shape index (κ3) is 8.80. The number of hydrogen-bond donors (Lipinski definition) is 7. The molecule has 8 N–H and O–H groups in total. The maximum Gasteiger partial charge on any atom is 0.326 e. The van der Waals surface area contributed by atoms with Crippen LogP contribution in [0.1, 0.15) is 19.0 Å². The monoisotopic (exact) mass is 444 g/mol. The van der Waals surface area contributed by atoms with Crippen LogP contribution >= 0.6 is 11.8 Å². The van der Waals surface area contributed by atoms with Crippen molar-refractivity contribution in [3.63, 3.8) is 0 Å². The summed E-state index contributed by atoms with van der Waals surface area (Å²) in [6, 6.07) is -3.45. The molecule has 0 aliphatic rings. The molecule has 0 fully saturated rings. The maximum absolute atomic E-state index is 12.3. The Labute approximate surface area is 177 Å². The highest BCUT2D eigenvalue weighted by Gasteiger charge is 2.29. The highest BCUT2D eigenvalue weighted by molar-refractivity contribution is 7.98. The molecule has 0 saturated heterocycles. The number of nitrogens with one attached hydrogen (secondary N) is 4. The molecule has 168 valence electrons. The van der Waals surface area contributed by atoms with Crippen LogP contribution in [-0.4, -0.2) is 86.7 Å². The Hall–Kier alpha value is -2.64. The smallest absolute Gasteiger partial charge is 0.326 e. The summed E-state index contributed by atoms with van der Waals surface area (Å²) >= 11 is 1.42. The van der Waals surface area contributed by atoms with Gasteiger partial charge >= 0.3 is 5.97 Å². The summed E-state index contributed by atoms with van der Waals surface area (Å²) in [6.45, 7) is 0.807. The molecule has 0 bridgehead atoms. The predicted octanol–water partition coefficient (Wildman–Crippen LogP) is -2.42. The van der Waals surface area contributed by atoms with Gasteiger partial charge in [-0.3, -0.25) is 14.4 Å². The minimum absolute atomic E-state index is 0.187. The van der Waals surface area contributed by atoms with Gasteiger partial charge in [0.05, 0.1) is 25.0 Å². The summed E-state index contributed by atoms with van der Waals surface area (Å²) in [5.41, 5.74) is 6.42. The molecule has 0 saturated carbocycles. The van der Waals surface area contributed by atoms with Gasteiger partial charge in [-0.15, -0.1) is 0 Å². The molecule has 0 radical (unpaired) electrons. The topological polar surface area (TPSA) is 200 Å². The van der Waals surface area contributed by atoms with E-state index in [2.05, 4.69) is 25.9 Å². The number of carboxylic acid groups (broad SMARTS) is 1. The summed E-state index contributed by atoms with van der Waals surface area (Å²) in [6.07, 6.45) is 3.86. The van der Waals surface area contributed by atoms with E-state index in [1.807, 2.05) is 0 Å². The lowest BCUT2D eigenvalue weighted by atomic mass is 10.1. The van der Waals surface area contributed by atoms with Crippen LogP contribution in [0.25, 0.3) is 0 Å². The predicted molar refractivity (Wildman–Crippen MR) is 109 cm³/mol. The van der Waals surface area contributed by atoms with Crippen molar-refractivity contribution in [2.75, 3.05) is 18.6 Å². The number of H-pyrrole nitrogens is 1. The number of rotatable bonds is 13. The number of amides is 3. The fourth-order valence-corrected chi connectivity index (χ4v) is 2.88. The van der Waals surface area contributed by atoms with Crippen molar-refractivity contribution in [3.05, 3.63) is 18.2 Å². The van der Waals surface area contributed by atoms with Gasteiger partial charge in [-0.1, -0.05) is 0 Å². The molecular formula is C17H28N6O6S. The lowest BCUT2D eigenvalue weighted by Gasteiger charge is -2.23. The molecular weight excluding hydrogens is 416 g/mol. The number of aliphatic hydroxyl groups excluding tert-OH is 1. The van der Waals surface area contributed by atoms with Crippen LogP contribution in [0, 0.1) is 0 Å². The first-order valence-electron chi connectivity index (χ1n) is 9.15. The van der Waals surface area contributed by atoms with Crippen molar-refractivity contribution in [1.82, 2.24) is 25.9 Å². The number of hydrogen-bond acceptors (Lipinski definition) is 8. The zero-order chi connectivity index (χ0) is 22.7. The van der Waals surface area contributed by atoms with E-state index in [4.69, 9.17) is 5.73 Å². The number of imidazole rings is 1. The number of nitrogens with two attached hydrogens (primary N) is 1. The molecule has 4 unspecified atom stereocenters. The Morgan fingerprint density at radius 1 is 1.27 bits per heavy atom. The summed E-state index contributed by atoms with van der Waals surface area (Å²) in [5, 5.41) is 26.0. The Bertz CT molecular complexity index is 714. The van der Waals surface area contributed by atoms with Gasteiger partial charge in [-0.2, -0.15) is 11.8 Å². The molecule has 30 heavy (non-hydrogen) atoms. The van der Waals surface area contributed by atoms with E-state index >= 15 is 0 Å². The highest BCUT2D eigenvalue weighted by atomic mass is 32.2. The Balaban J connectivity index is 2.56. The van der Waals surface area contributed by atoms with E-state index < -0.39 is 54.5 Å². The first-order chi connectivity index (χ1) is 14.1. The fourth-order valence-electron chi connectivity index (χ4n) is 2.41. The minimum Gasteiger partial charge on any atom is -0.480 e. The number of aliphatic hydroxyl groups is 1. The summed E-state index contributed by atoms with van der Waals surface area (Å²) in [5.74, 6) is -2.87. The van der Waals surface area contributed by atoms with E-state index in [0.717, 1.165) is 0 Å². The Morgan fingerprint density at radius 2 is 1.97 bits per heavy atom. The van der Waals surface area contributed by atoms with Crippen molar-refractivity contribution in [3.8, 4) is 0 Å². The van der Waals surface area contributed by atoms with Gasteiger partial charge in [0.2, 0.25) is 17.7 Å². The number of carbonyl (C=O) groups is 4. The normalized spacial score (nSPS) is 14.8. The largest absolute Gasteiger partial charge is 0.480 e. The van der Waals surface area contributed by atoms with Gasteiger partial charge in [0.1, 0.15) is 12.1 Å². The molecule has 13 heteroatoms. The molecule has 0 aliphatic heterocycles. The van der Waals surface area contributed by atoms with Crippen LogP contribution in [0.5, 0.6) is 0 Å². The molecule has 12 nitrogen and oxygen atoms in total. The Morgan fingerprint density at radius 3 is 2.50 bits per heavy atom. The van der Waals surface area contributed by atoms with Gasteiger partial charge in [0.25, 0.3) is 0 Å². The summed E-state index contributed by atoms with van der Waals surface area (Å²) < 4.78 is 0. The molecule has 4 atom stereocenters. The third-order valence-corrected chi connectivity index (χ3v) is 4.71. The molecule has 1 aromatic heterocycles. The van der Waals surface area contributed by atoms with Crippen LogP contribution < -0.4 is 21.7 Å². The highest BCUT2D eigenvalue weighted by Crippen LogP contribution is 2.03. The minimum atomic E-state index is -1.39. The summed E-state index contributed by atoms with van der Waals surface area (Å²) in [4.78, 5) is 54.4. The van der Waals surface area contributed by atoms with Crippen molar-refractivity contribution >= 4 is 35.5 Å².